The molecule has 0 bridgehead atoms. The van der Waals surface area contributed by atoms with Crippen LogP contribution in [0.25, 0.3) is 33.5 Å². The van der Waals surface area contributed by atoms with Gasteiger partial charge < -0.3 is 0 Å². The molecular weight excluding hydrogens is 338 g/mol. The van der Waals surface area contributed by atoms with Crippen LogP contribution in [0.4, 0.5) is 0 Å². The van der Waals surface area contributed by atoms with Crippen LogP contribution in [0.2, 0.25) is 0 Å². The second kappa shape index (κ2) is 7.44. The van der Waals surface area contributed by atoms with Gasteiger partial charge in [-0.05, 0) is 90.4 Å². The maximum absolute atomic E-state index is 4.57. The van der Waals surface area contributed by atoms with Crippen LogP contribution in [-0.2, 0) is 0 Å². The van der Waals surface area contributed by atoms with Crippen LogP contribution < -0.4 is 0 Å². The number of pyridine rings is 1. The minimum absolute atomic E-state index is 1.00. The Morgan fingerprint density at radius 2 is 1.11 bits per heavy atom. The predicted octanol–water partition coefficient (Wildman–Crippen LogP) is 7.32. The summed E-state index contributed by atoms with van der Waals surface area (Å²) >= 11 is 0. The number of rotatable bonds is 3. The fourth-order valence-electron chi connectivity index (χ4n) is 4.14. The summed E-state index contributed by atoms with van der Waals surface area (Å²) in [5, 5.41) is 0. The van der Waals surface area contributed by atoms with E-state index < -0.39 is 0 Å². The molecule has 0 saturated heterocycles. The van der Waals surface area contributed by atoms with Crippen LogP contribution in [0.5, 0.6) is 0 Å². The lowest BCUT2D eigenvalue weighted by Crippen LogP contribution is -1.96. The number of hydrogen-bond donors (Lipinski definition) is 0. The van der Waals surface area contributed by atoms with Crippen molar-refractivity contribution in [2.45, 2.75) is 27.7 Å². The summed E-state index contributed by atoms with van der Waals surface area (Å²) < 4.78 is 0. The predicted molar refractivity (Wildman–Crippen MR) is 119 cm³/mol. The van der Waals surface area contributed by atoms with Gasteiger partial charge in [-0.15, -0.1) is 0 Å². The van der Waals surface area contributed by atoms with E-state index in [0.29, 0.717) is 0 Å². The Kier molecular flexibility index (Phi) is 4.83. The molecule has 0 spiro atoms. The SMILES string of the molecule is Cc1cccc(C)c1-c1ccc(-c2ccccn2)cc1-c1c(C)cccc1C. The molecule has 28 heavy (non-hydrogen) atoms. The Bertz CT molecular complexity index is 1100. The highest BCUT2D eigenvalue weighted by Gasteiger charge is 2.16. The molecule has 4 rings (SSSR count). The number of benzene rings is 3. The highest BCUT2D eigenvalue weighted by molar-refractivity contribution is 5.90. The standard InChI is InChI=1S/C27H25N/c1-18-9-7-10-19(2)26(18)23-15-14-22(25-13-5-6-16-28-25)17-24(23)27-20(3)11-8-12-21(27)4/h5-17H,1-4H3. The average Bonchev–Trinajstić information content (AvgIpc) is 2.69. The lowest BCUT2D eigenvalue weighted by Gasteiger charge is -2.19. The first kappa shape index (κ1) is 18.2. The van der Waals surface area contributed by atoms with Gasteiger partial charge in [-0.25, -0.2) is 0 Å². The van der Waals surface area contributed by atoms with Crippen molar-refractivity contribution in [3.8, 4) is 33.5 Å². The molecule has 138 valence electrons. The van der Waals surface area contributed by atoms with Crippen molar-refractivity contribution >= 4 is 0 Å². The molecule has 1 heteroatoms. The first-order valence-corrected chi connectivity index (χ1v) is 9.75. The normalized spacial score (nSPS) is 10.9. The Labute approximate surface area is 167 Å². The van der Waals surface area contributed by atoms with Crippen molar-refractivity contribution in [1.82, 2.24) is 4.98 Å². The van der Waals surface area contributed by atoms with Crippen molar-refractivity contribution in [1.29, 1.82) is 0 Å². The van der Waals surface area contributed by atoms with Crippen LogP contribution in [0.3, 0.4) is 0 Å². The maximum atomic E-state index is 4.57. The Balaban J connectivity index is 2.05. The first-order chi connectivity index (χ1) is 13.6. The van der Waals surface area contributed by atoms with E-state index in [9.17, 15) is 0 Å². The van der Waals surface area contributed by atoms with Gasteiger partial charge in [0.25, 0.3) is 0 Å². The van der Waals surface area contributed by atoms with Crippen molar-refractivity contribution in [2.75, 3.05) is 0 Å². The maximum Gasteiger partial charge on any atom is 0.0702 e. The molecule has 0 N–H and O–H groups in total. The fraction of sp³-hybridized carbons (Fsp3) is 0.148. The van der Waals surface area contributed by atoms with Crippen LogP contribution in [-0.4, -0.2) is 4.98 Å². The Morgan fingerprint density at radius 1 is 0.536 bits per heavy atom. The summed E-state index contributed by atoms with van der Waals surface area (Å²) in [6.45, 7) is 8.79. The molecule has 0 saturated carbocycles. The second-order valence-corrected chi connectivity index (χ2v) is 7.51. The average molecular weight is 364 g/mol. The summed E-state index contributed by atoms with van der Waals surface area (Å²) in [6, 6.07) is 25.9. The van der Waals surface area contributed by atoms with Gasteiger partial charge in [0, 0.05) is 11.8 Å². The third-order valence-electron chi connectivity index (χ3n) is 5.48. The number of nitrogens with zero attached hydrogens (tertiary/aromatic N) is 1. The minimum Gasteiger partial charge on any atom is -0.256 e. The number of hydrogen-bond acceptors (Lipinski definition) is 1. The van der Waals surface area contributed by atoms with E-state index in [1.807, 2.05) is 18.3 Å². The third kappa shape index (κ3) is 3.25. The van der Waals surface area contributed by atoms with Gasteiger partial charge in [0.05, 0.1) is 5.69 Å². The Hall–Kier alpha value is -3.19. The van der Waals surface area contributed by atoms with E-state index in [4.69, 9.17) is 0 Å². The van der Waals surface area contributed by atoms with Crippen molar-refractivity contribution in [3.63, 3.8) is 0 Å². The molecule has 1 aromatic heterocycles. The molecule has 0 radical (unpaired) electrons. The summed E-state index contributed by atoms with van der Waals surface area (Å²) in [5.74, 6) is 0. The van der Waals surface area contributed by atoms with E-state index in [0.717, 1.165) is 11.3 Å². The summed E-state index contributed by atoms with van der Waals surface area (Å²) in [7, 11) is 0. The van der Waals surface area contributed by atoms with E-state index in [1.165, 1.54) is 44.5 Å². The molecule has 1 nitrogen and oxygen atoms in total. The zero-order chi connectivity index (χ0) is 19.7. The van der Waals surface area contributed by atoms with E-state index in [1.54, 1.807) is 0 Å². The molecule has 0 aliphatic rings. The monoisotopic (exact) mass is 363 g/mol. The topological polar surface area (TPSA) is 12.9 Å². The quantitative estimate of drug-likeness (QED) is 0.372. The molecule has 0 fully saturated rings. The molecule has 0 amide bonds. The molecule has 0 aliphatic heterocycles. The molecule has 1 heterocycles. The number of aromatic nitrogens is 1. The van der Waals surface area contributed by atoms with Gasteiger partial charge in [0.2, 0.25) is 0 Å². The molecule has 4 aromatic rings. The van der Waals surface area contributed by atoms with E-state index in [2.05, 4.69) is 93.3 Å². The van der Waals surface area contributed by atoms with E-state index >= 15 is 0 Å². The Morgan fingerprint density at radius 3 is 1.64 bits per heavy atom. The highest BCUT2D eigenvalue weighted by atomic mass is 14.7. The smallest absolute Gasteiger partial charge is 0.0702 e. The lowest BCUT2D eigenvalue weighted by molar-refractivity contribution is 1.32. The van der Waals surface area contributed by atoms with Crippen LogP contribution in [0.1, 0.15) is 22.3 Å². The van der Waals surface area contributed by atoms with Crippen LogP contribution >= 0.6 is 0 Å². The van der Waals surface area contributed by atoms with E-state index in [-0.39, 0.29) is 0 Å². The summed E-state index contributed by atoms with van der Waals surface area (Å²) in [5.41, 5.74) is 12.6. The van der Waals surface area contributed by atoms with Gasteiger partial charge in [0.15, 0.2) is 0 Å². The summed E-state index contributed by atoms with van der Waals surface area (Å²) in [4.78, 5) is 4.57. The van der Waals surface area contributed by atoms with Gasteiger partial charge in [-0.2, -0.15) is 0 Å². The van der Waals surface area contributed by atoms with Gasteiger partial charge in [-0.1, -0.05) is 54.6 Å². The van der Waals surface area contributed by atoms with Crippen LogP contribution in [0.15, 0.2) is 79.0 Å². The van der Waals surface area contributed by atoms with Crippen LogP contribution in [0, 0.1) is 27.7 Å². The minimum atomic E-state index is 1.00. The first-order valence-electron chi connectivity index (χ1n) is 9.75. The van der Waals surface area contributed by atoms with Crippen molar-refractivity contribution in [2.24, 2.45) is 0 Å². The molecular formula is C27H25N. The van der Waals surface area contributed by atoms with Crippen molar-refractivity contribution in [3.05, 3.63) is 101 Å². The van der Waals surface area contributed by atoms with Gasteiger partial charge in [0.1, 0.15) is 0 Å². The zero-order valence-electron chi connectivity index (χ0n) is 17.0. The molecule has 0 unspecified atom stereocenters. The summed E-state index contributed by atoms with van der Waals surface area (Å²) in [6.07, 6.45) is 1.85. The lowest BCUT2D eigenvalue weighted by atomic mass is 9.85. The molecule has 0 aliphatic carbocycles. The number of aryl methyl sites for hydroxylation is 4. The fourth-order valence-corrected chi connectivity index (χ4v) is 4.14. The molecule has 3 aromatic carbocycles. The second-order valence-electron chi connectivity index (χ2n) is 7.51. The highest BCUT2D eigenvalue weighted by Crippen LogP contribution is 2.40. The largest absolute Gasteiger partial charge is 0.256 e. The molecule has 0 atom stereocenters. The van der Waals surface area contributed by atoms with Gasteiger partial charge in [-0.3, -0.25) is 4.98 Å². The van der Waals surface area contributed by atoms with Crippen molar-refractivity contribution < 1.29 is 0 Å². The third-order valence-corrected chi connectivity index (χ3v) is 5.48. The van der Waals surface area contributed by atoms with Gasteiger partial charge >= 0.3 is 0 Å². The zero-order valence-corrected chi connectivity index (χ0v) is 17.0.